The second-order valence-electron chi connectivity index (χ2n) is 3.94. The topological polar surface area (TPSA) is 48.5 Å². The number of nitrogens with one attached hydrogen (secondary N) is 1. The maximum Gasteiger partial charge on any atom is 0.323 e. The Hall–Kier alpha value is -1.62. The fourth-order valence-electron chi connectivity index (χ4n) is 1.63. The van der Waals surface area contributed by atoms with Crippen LogP contribution in [0.5, 0.6) is 0 Å². The van der Waals surface area contributed by atoms with Crippen LogP contribution in [0, 0.1) is 0 Å². The van der Waals surface area contributed by atoms with Gasteiger partial charge in [-0.1, -0.05) is 6.07 Å². The first-order chi connectivity index (χ1) is 7.75. The van der Waals surface area contributed by atoms with Crippen molar-refractivity contribution in [2.75, 3.05) is 38.5 Å². The van der Waals surface area contributed by atoms with Crippen LogP contribution in [0.25, 0.3) is 0 Å². The molecule has 5 heteroatoms. The molecule has 0 aromatic carbocycles. The molecule has 0 spiro atoms. The van der Waals surface area contributed by atoms with Gasteiger partial charge in [-0.05, 0) is 19.2 Å². The predicted octanol–water partition coefficient (Wildman–Crippen LogP) is 0.861. The number of nitrogens with zero attached hydrogens (tertiary/aromatic N) is 3. The number of hydrogen-bond acceptors (Lipinski definition) is 3. The molecule has 1 N–H and O–H groups in total. The van der Waals surface area contributed by atoms with E-state index >= 15 is 0 Å². The number of hydrogen-bond donors (Lipinski definition) is 1. The van der Waals surface area contributed by atoms with Gasteiger partial charge in [-0.15, -0.1) is 0 Å². The van der Waals surface area contributed by atoms with Crippen LogP contribution in [0.15, 0.2) is 24.4 Å². The maximum atomic E-state index is 11.8. The fourth-order valence-corrected chi connectivity index (χ4v) is 1.63. The Morgan fingerprint density at radius 1 is 1.31 bits per heavy atom. The van der Waals surface area contributed by atoms with Crippen molar-refractivity contribution in [2.45, 2.75) is 0 Å². The highest BCUT2D eigenvalue weighted by Gasteiger charge is 2.18. The molecule has 86 valence electrons. The number of amides is 2. The van der Waals surface area contributed by atoms with Gasteiger partial charge < -0.3 is 9.80 Å². The van der Waals surface area contributed by atoms with Crippen molar-refractivity contribution < 1.29 is 4.79 Å². The zero-order chi connectivity index (χ0) is 11.4. The highest BCUT2D eigenvalue weighted by molar-refractivity contribution is 5.88. The van der Waals surface area contributed by atoms with Crippen molar-refractivity contribution in [3.8, 4) is 0 Å². The van der Waals surface area contributed by atoms with Gasteiger partial charge in [-0.2, -0.15) is 0 Å². The lowest BCUT2D eigenvalue weighted by atomic mass is 10.3. The van der Waals surface area contributed by atoms with Crippen LogP contribution in [0.4, 0.5) is 10.6 Å². The van der Waals surface area contributed by atoms with E-state index in [4.69, 9.17) is 0 Å². The molecule has 0 radical (unpaired) electrons. The minimum atomic E-state index is -0.0631. The lowest BCUT2D eigenvalue weighted by molar-refractivity contribution is 0.164. The molecule has 1 fully saturated rings. The molecule has 2 heterocycles. The molecule has 0 atom stereocenters. The number of pyridine rings is 1. The minimum Gasteiger partial charge on any atom is -0.322 e. The summed E-state index contributed by atoms with van der Waals surface area (Å²) in [6, 6.07) is 5.40. The number of anilines is 1. The van der Waals surface area contributed by atoms with Crippen molar-refractivity contribution in [3.63, 3.8) is 0 Å². The molecule has 1 aliphatic rings. The molecule has 16 heavy (non-hydrogen) atoms. The van der Waals surface area contributed by atoms with Gasteiger partial charge >= 0.3 is 6.03 Å². The summed E-state index contributed by atoms with van der Waals surface area (Å²) in [5.74, 6) is 0.603. The summed E-state index contributed by atoms with van der Waals surface area (Å²) >= 11 is 0. The lowest BCUT2D eigenvalue weighted by Gasteiger charge is -2.32. The van der Waals surface area contributed by atoms with Crippen LogP contribution in [0.2, 0.25) is 0 Å². The minimum absolute atomic E-state index is 0.0631. The van der Waals surface area contributed by atoms with E-state index in [9.17, 15) is 4.79 Å². The molecule has 1 aromatic rings. The van der Waals surface area contributed by atoms with Crippen LogP contribution in [-0.2, 0) is 0 Å². The Morgan fingerprint density at radius 3 is 2.69 bits per heavy atom. The third kappa shape index (κ3) is 2.70. The van der Waals surface area contributed by atoms with E-state index in [2.05, 4.69) is 22.2 Å². The summed E-state index contributed by atoms with van der Waals surface area (Å²) in [5.41, 5.74) is 0. The van der Waals surface area contributed by atoms with Gasteiger partial charge in [-0.25, -0.2) is 9.78 Å². The molecule has 5 nitrogen and oxygen atoms in total. The van der Waals surface area contributed by atoms with E-state index in [-0.39, 0.29) is 6.03 Å². The third-order valence-corrected chi connectivity index (χ3v) is 2.69. The van der Waals surface area contributed by atoms with Crippen LogP contribution in [-0.4, -0.2) is 54.0 Å². The van der Waals surface area contributed by atoms with Crippen LogP contribution >= 0.6 is 0 Å². The first kappa shape index (κ1) is 10.9. The summed E-state index contributed by atoms with van der Waals surface area (Å²) in [6.45, 7) is 3.40. The van der Waals surface area contributed by atoms with Gasteiger partial charge in [0.05, 0.1) is 0 Å². The smallest absolute Gasteiger partial charge is 0.322 e. The van der Waals surface area contributed by atoms with Crippen LogP contribution in [0.1, 0.15) is 0 Å². The number of carbonyl (C=O) groups excluding carboxylic acids is 1. The first-order valence-electron chi connectivity index (χ1n) is 5.41. The zero-order valence-electron chi connectivity index (χ0n) is 9.39. The molecule has 0 unspecified atom stereocenters. The number of likely N-dealkylation sites (N-methyl/N-ethyl adjacent to an activating group) is 1. The van der Waals surface area contributed by atoms with E-state index in [0.717, 1.165) is 26.2 Å². The number of piperazine rings is 1. The normalized spacial score (nSPS) is 17.2. The summed E-state index contributed by atoms with van der Waals surface area (Å²) in [5, 5.41) is 2.78. The van der Waals surface area contributed by atoms with Gasteiger partial charge in [0.25, 0.3) is 0 Å². The molecule has 1 aliphatic heterocycles. The Labute approximate surface area is 95.1 Å². The van der Waals surface area contributed by atoms with Gasteiger partial charge in [-0.3, -0.25) is 5.32 Å². The number of rotatable bonds is 1. The fraction of sp³-hybridized carbons (Fsp3) is 0.455. The third-order valence-electron chi connectivity index (χ3n) is 2.69. The van der Waals surface area contributed by atoms with Gasteiger partial charge in [0.15, 0.2) is 0 Å². The summed E-state index contributed by atoms with van der Waals surface area (Å²) in [6.07, 6.45) is 1.67. The second kappa shape index (κ2) is 4.94. The average molecular weight is 220 g/mol. The Morgan fingerprint density at radius 2 is 2.06 bits per heavy atom. The second-order valence-corrected chi connectivity index (χ2v) is 3.94. The maximum absolute atomic E-state index is 11.8. The Kier molecular flexibility index (Phi) is 3.36. The molecule has 1 aromatic heterocycles. The van der Waals surface area contributed by atoms with Crippen molar-refractivity contribution in [2.24, 2.45) is 0 Å². The highest BCUT2D eigenvalue weighted by Crippen LogP contribution is 2.05. The summed E-state index contributed by atoms with van der Waals surface area (Å²) < 4.78 is 0. The highest BCUT2D eigenvalue weighted by atomic mass is 16.2. The summed E-state index contributed by atoms with van der Waals surface area (Å²) in [4.78, 5) is 19.9. The lowest BCUT2D eigenvalue weighted by Crippen LogP contribution is -2.48. The van der Waals surface area contributed by atoms with Crippen LogP contribution in [0.3, 0.4) is 0 Å². The molecule has 0 saturated carbocycles. The molecule has 1 saturated heterocycles. The van der Waals surface area contributed by atoms with Crippen molar-refractivity contribution in [1.29, 1.82) is 0 Å². The molecule has 0 bridgehead atoms. The van der Waals surface area contributed by atoms with Gasteiger partial charge in [0, 0.05) is 32.4 Å². The molecular formula is C11H16N4O. The van der Waals surface area contributed by atoms with Crippen molar-refractivity contribution in [3.05, 3.63) is 24.4 Å². The first-order valence-corrected chi connectivity index (χ1v) is 5.41. The number of aromatic nitrogens is 1. The molecule has 2 rings (SSSR count). The molecular weight excluding hydrogens is 204 g/mol. The molecule has 0 aliphatic carbocycles. The monoisotopic (exact) mass is 220 g/mol. The SMILES string of the molecule is CN1CCN(C(=O)Nc2ccccn2)CC1. The van der Waals surface area contributed by atoms with E-state index in [0.29, 0.717) is 5.82 Å². The van der Waals surface area contributed by atoms with E-state index in [1.54, 1.807) is 12.3 Å². The van der Waals surface area contributed by atoms with E-state index in [1.165, 1.54) is 0 Å². The standard InChI is InChI=1S/C11H16N4O/c1-14-6-8-15(9-7-14)11(16)13-10-4-2-3-5-12-10/h2-5H,6-9H2,1H3,(H,12,13,16). The van der Waals surface area contributed by atoms with Gasteiger partial charge in [0.1, 0.15) is 5.82 Å². The van der Waals surface area contributed by atoms with Crippen LogP contribution < -0.4 is 5.32 Å². The largest absolute Gasteiger partial charge is 0.323 e. The Balaban J connectivity index is 1.89. The zero-order valence-corrected chi connectivity index (χ0v) is 9.39. The van der Waals surface area contributed by atoms with E-state index < -0.39 is 0 Å². The quantitative estimate of drug-likeness (QED) is 0.763. The van der Waals surface area contributed by atoms with Crippen molar-refractivity contribution in [1.82, 2.24) is 14.8 Å². The number of carbonyl (C=O) groups is 1. The predicted molar refractivity (Wildman–Crippen MR) is 62.3 cm³/mol. The van der Waals surface area contributed by atoms with Gasteiger partial charge in [0.2, 0.25) is 0 Å². The number of urea groups is 1. The van der Waals surface area contributed by atoms with E-state index in [1.807, 2.05) is 17.0 Å². The Bertz CT molecular complexity index is 346. The molecule has 2 amide bonds. The summed E-state index contributed by atoms with van der Waals surface area (Å²) in [7, 11) is 2.06. The average Bonchev–Trinajstić information content (AvgIpc) is 2.31. The van der Waals surface area contributed by atoms with Crippen molar-refractivity contribution >= 4 is 11.8 Å².